The Morgan fingerprint density at radius 3 is 2.64 bits per heavy atom. The standard InChI is InChI=1S/C21H18O4/c1-2-13-24-17-10-7-15(8-11-17)9-12-19(22)18-14-16-5-3-4-6-20(16)25-21(18)23/h3-12,14H,2,13H2,1H3/b12-9+. The maximum Gasteiger partial charge on any atom is 0.347 e. The van der Waals surface area contributed by atoms with Crippen LogP contribution in [0.1, 0.15) is 29.3 Å². The zero-order chi connectivity index (χ0) is 17.6. The number of carbonyl (C=O) groups excluding carboxylic acids is 1. The first-order valence-corrected chi connectivity index (χ1v) is 8.15. The molecule has 0 unspecified atom stereocenters. The molecule has 3 aromatic rings. The molecule has 4 nitrogen and oxygen atoms in total. The lowest BCUT2D eigenvalue weighted by molar-refractivity contribution is 0.104. The van der Waals surface area contributed by atoms with Crippen LogP contribution >= 0.6 is 0 Å². The highest BCUT2D eigenvalue weighted by molar-refractivity contribution is 6.07. The molecule has 0 bridgehead atoms. The van der Waals surface area contributed by atoms with Crippen LogP contribution in [-0.4, -0.2) is 12.4 Å². The van der Waals surface area contributed by atoms with Gasteiger partial charge in [0.1, 0.15) is 16.9 Å². The second-order valence-electron chi connectivity index (χ2n) is 5.60. The molecule has 0 amide bonds. The van der Waals surface area contributed by atoms with Gasteiger partial charge in [0, 0.05) is 5.39 Å². The van der Waals surface area contributed by atoms with Gasteiger partial charge in [-0.25, -0.2) is 4.79 Å². The average Bonchev–Trinajstić information content (AvgIpc) is 2.64. The molecule has 0 saturated carbocycles. The van der Waals surface area contributed by atoms with Crippen molar-refractivity contribution in [2.45, 2.75) is 13.3 Å². The lowest BCUT2D eigenvalue weighted by atomic mass is 10.1. The van der Waals surface area contributed by atoms with E-state index in [1.54, 1.807) is 30.3 Å². The number of ketones is 1. The molecule has 25 heavy (non-hydrogen) atoms. The maximum atomic E-state index is 12.3. The predicted octanol–water partition coefficient (Wildman–Crippen LogP) is 4.48. The van der Waals surface area contributed by atoms with Crippen LogP contribution < -0.4 is 10.4 Å². The summed E-state index contributed by atoms with van der Waals surface area (Å²) in [5.74, 6) is 0.409. The summed E-state index contributed by atoms with van der Waals surface area (Å²) < 4.78 is 10.7. The third kappa shape index (κ3) is 4.04. The SMILES string of the molecule is CCCOc1ccc(/C=C/C(=O)c2cc3ccccc3oc2=O)cc1. The number of para-hydroxylation sites is 1. The van der Waals surface area contributed by atoms with Crippen molar-refractivity contribution < 1.29 is 13.9 Å². The number of allylic oxidation sites excluding steroid dienone is 1. The molecule has 0 aliphatic carbocycles. The normalized spacial score (nSPS) is 11.1. The van der Waals surface area contributed by atoms with E-state index in [1.807, 2.05) is 37.3 Å². The predicted molar refractivity (Wildman–Crippen MR) is 98.1 cm³/mol. The Kier molecular flexibility index (Phi) is 5.09. The van der Waals surface area contributed by atoms with E-state index >= 15 is 0 Å². The Morgan fingerprint density at radius 1 is 1.12 bits per heavy atom. The Bertz CT molecular complexity index is 965. The van der Waals surface area contributed by atoms with Crippen molar-refractivity contribution >= 4 is 22.8 Å². The smallest absolute Gasteiger partial charge is 0.347 e. The molecular formula is C21H18O4. The van der Waals surface area contributed by atoms with Gasteiger partial charge in [-0.1, -0.05) is 43.3 Å². The van der Waals surface area contributed by atoms with Gasteiger partial charge >= 0.3 is 5.63 Å². The van der Waals surface area contributed by atoms with Gasteiger partial charge in [-0.3, -0.25) is 4.79 Å². The van der Waals surface area contributed by atoms with E-state index in [1.165, 1.54) is 6.08 Å². The quantitative estimate of drug-likeness (QED) is 0.379. The lowest BCUT2D eigenvalue weighted by Crippen LogP contribution is -2.11. The first-order valence-electron chi connectivity index (χ1n) is 8.15. The largest absolute Gasteiger partial charge is 0.494 e. The molecule has 2 aromatic carbocycles. The number of ether oxygens (including phenoxy) is 1. The van der Waals surface area contributed by atoms with Crippen molar-refractivity contribution in [1.29, 1.82) is 0 Å². The van der Waals surface area contributed by atoms with Crippen molar-refractivity contribution in [3.05, 3.63) is 82.2 Å². The number of rotatable bonds is 6. The molecule has 3 rings (SSSR count). The highest BCUT2D eigenvalue weighted by Crippen LogP contribution is 2.15. The minimum Gasteiger partial charge on any atom is -0.494 e. The van der Waals surface area contributed by atoms with Crippen LogP contribution in [0, 0.1) is 0 Å². The van der Waals surface area contributed by atoms with Gasteiger partial charge in [-0.15, -0.1) is 0 Å². The number of hydrogen-bond acceptors (Lipinski definition) is 4. The van der Waals surface area contributed by atoms with E-state index in [0.29, 0.717) is 12.2 Å². The van der Waals surface area contributed by atoms with Crippen LogP contribution in [-0.2, 0) is 0 Å². The second kappa shape index (κ2) is 7.62. The first-order chi connectivity index (χ1) is 12.2. The van der Waals surface area contributed by atoms with Crippen LogP contribution in [0.4, 0.5) is 0 Å². The van der Waals surface area contributed by atoms with Crippen LogP contribution in [0.3, 0.4) is 0 Å². The van der Waals surface area contributed by atoms with E-state index in [-0.39, 0.29) is 11.3 Å². The van der Waals surface area contributed by atoms with Crippen LogP contribution in [0.5, 0.6) is 5.75 Å². The molecule has 0 N–H and O–H groups in total. The molecule has 0 spiro atoms. The monoisotopic (exact) mass is 334 g/mol. The average molecular weight is 334 g/mol. The highest BCUT2D eigenvalue weighted by atomic mass is 16.5. The fourth-order valence-corrected chi connectivity index (χ4v) is 2.39. The molecular weight excluding hydrogens is 316 g/mol. The van der Waals surface area contributed by atoms with E-state index in [4.69, 9.17) is 9.15 Å². The van der Waals surface area contributed by atoms with Gasteiger partial charge in [0.05, 0.1) is 6.61 Å². The Hall–Kier alpha value is -3.14. The fourth-order valence-electron chi connectivity index (χ4n) is 2.39. The highest BCUT2D eigenvalue weighted by Gasteiger charge is 2.10. The summed E-state index contributed by atoms with van der Waals surface area (Å²) in [6.45, 7) is 2.72. The van der Waals surface area contributed by atoms with Gasteiger partial charge in [0.25, 0.3) is 0 Å². The summed E-state index contributed by atoms with van der Waals surface area (Å²) >= 11 is 0. The van der Waals surface area contributed by atoms with Gasteiger partial charge < -0.3 is 9.15 Å². The molecule has 0 saturated heterocycles. The van der Waals surface area contributed by atoms with E-state index in [2.05, 4.69) is 0 Å². The number of carbonyl (C=O) groups is 1. The van der Waals surface area contributed by atoms with E-state index in [9.17, 15) is 9.59 Å². The van der Waals surface area contributed by atoms with Crippen LogP contribution in [0.15, 0.2) is 69.9 Å². The molecule has 0 aliphatic rings. The lowest BCUT2D eigenvalue weighted by Gasteiger charge is -2.04. The summed E-state index contributed by atoms with van der Waals surface area (Å²) in [5, 5.41) is 0.719. The number of hydrogen-bond donors (Lipinski definition) is 0. The van der Waals surface area contributed by atoms with Crippen LogP contribution in [0.2, 0.25) is 0 Å². The Morgan fingerprint density at radius 2 is 1.88 bits per heavy atom. The second-order valence-corrected chi connectivity index (χ2v) is 5.60. The molecule has 0 radical (unpaired) electrons. The summed E-state index contributed by atoms with van der Waals surface area (Å²) in [4.78, 5) is 24.3. The number of benzene rings is 2. The van der Waals surface area contributed by atoms with Gasteiger partial charge in [-0.2, -0.15) is 0 Å². The van der Waals surface area contributed by atoms with Gasteiger partial charge in [0.15, 0.2) is 5.78 Å². The molecule has 0 fully saturated rings. The molecule has 1 aromatic heterocycles. The molecule has 0 atom stereocenters. The fraction of sp³-hybridized carbons (Fsp3) is 0.143. The maximum absolute atomic E-state index is 12.3. The van der Waals surface area contributed by atoms with Crippen molar-refractivity contribution in [2.75, 3.05) is 6.61 Å². The Balaban J connectivity index is 1.78. The zero-order valence-corrected chi connectivity index (χ0v) is 13.9. The minimum atomic E-state index is -0.628. The third-order valence-corrected chi connectivity index (χ3v) is 3.69. The minimum absolute atomic E-state index is 0.0258. The third-order valence-electron chi connectivity index (χ3n) is 3.69. The van der Waals surface area contributed by atoms with Gasteiger partial charge in [-0.05, 0) is 42.3 Å². The van der Waals surface area contributed by atoms with Crippen molar-refractivity contribution in [3.63, 3.8) is 0 Å². The summed E-state index contributed by atoms with van der Waals surface area (Å²) in [7, 11) is 0. The van der Waals surface area contributed by atoms with Crippen molar-refractivity contribution in [1.82, 2.24) is 0 Å². The van der Waals surface area contributed by atoms with E-state index in [0.717, 1.165) is 23.1 Å². The molecule has 126 valence electrons. The summed E-state index contributed by atoms with van der Waals surface area (Å²) in [6, 6.07) is 16.1. The van der Waals surface area contributed by atoms with Crippen molar-refractivity contribution in [3.8, 4) is 5.75 Å². The molecule has 1 heterocycles. The van der Waals surface area contributed by atoms with Crippen molar-refractivity contribution in [2.24, 2.45) is 0 Å². The summed E-state index contributed by atoms with van der Waals surface area (Å²) in [5.41, 5.74) is 0.715. The molecule has 4 heteroatoms. The van der Waals surface area contributed by atoms with Crippen LogP contribution in [0.25, 0.3) is 17.0 Å². The Labute approximate surface area is 145 Å². The first kappa shape index (κ1) is 16.7. The van der Waals surface area contributed by atoms with Gasteiger partial charge in [0.2, 0.25) is 0 Å². The number of fused-ring (bicyclic) bond motifs is 1. The topological polar surface area (TPSA) is 56.5 Å². The zero-order valence-electron chi connectivity index (χ0n) is 13.9. The van der Waals surface area contributed by atoms with E-state index < -0.39 is 5.63 Å². The molecule has 0 aliphatic heterocycles. The summed E-state index contributed by atoms with van der Waals surface area (Å²) in [6.07, 6.45) is 3.99.